The predicted octanol–water partition coefficient (Wildman–Crippen LogP) is 3.18. The van der Waals surface area contributed by atoms with E-state index in [9.17, 15) is 5.21 Å². The van der Waals surface area contributed by atoms with Crippen LogP contribution in [0, 0.1) is 5.21 Å². The molecule has 0 amide bonds. The van der Waals surface area contributed by atoms with Crippen molar-refractivity contribution in [2.75, 3.05) is 20.4 Å². The molecule has 5 rings (SSSR count). The third-order valence-corrected chi connectivity index (χ3v) is 5.31. The lowest BCUT2D eigenvalue weighted by Crippen LogP contribution is -2.48. The minimum atomic E-state index is -0.200. The maximum Gasteiger partial charge on any atom is 0.231 e. The van der Waals surface area contributed by atoms with E-state index in [0.717, 1.165) is 29.9 Å². The lowest BCUT2D eigenvalue weighted by atomic mass is 9.76. The van der Waals surface area contributed by atoms with Crippen molar-refractivity contribution in [1.29, 1.82) is 0 Å². The van der Waals surface area contributed by atoms with Crippen LogP contribution in [0.5, 0.6) is 11.5 Å². The van der Waals surface area contributed by atoms with Crippen LogP contribution in [-0.4, -0.2) is 25.0 Å². The Morgan fingerprint density at radius 1 is 1.18 bits per heavy atom. The van der Waals surface area contributed by atoms with Crippen LogP contribution < -0.4 is 9.47 Å². The SMILES string of the molecule is C[N+]1([O-])CCc2cc3c(c4c2[C@H]1Cc1ccccc1-4)OCO3. The third kappa shape index (κ3) is 1.49. The van der Waals surface area contributed by atoms with Crippen molar-refractivity contribution >= 4 is 0 Å². The molecule has 2 aromatic carbocycles. The number of hydrogen-bond donors (Lipinski definition) is 0. The van der Waals surface area contributed by atoms with Crippen molar-refractivity contribution < 1.29 is 14.1 Å². The number of hydroxylamine groups is 3. The van der Waals surface area contributed by atoms with Gasteiger partial charge in [0.25, 0.3) is 0 Å². The summed E-state index contributed by atoms with van der Waals surface area (Å²) in [7, 11) is 1.80. The average molecular weight is 295 g/mol. The largest absolute Gasteiger partial charge is 0.633 e. The molecular formula is C18H17NO3. The van der Waals surface area contributed by atoms with Gasteiger partial charge in [0.1, 0.15) is 6.04 Å². The number of nitrogens with zero attached hydrogens (tertiary/aromatic N) is 1. The van der Waals surface area contributed by atoms with Gasteiger partial charge >= 0.3 is 0 Å². The van der Waals surface area contributed by atoms with E-state index in [0.29, 0.717) is 6.54 Å². The zero-order valence-electron chi connectivity index (χ0n) is 12.5. The number of fused-ring (bicyclic) bond motifs is 4. The van der Waals surface area contributed by atoms with Crippen LogP contribution in [0.2, 0.25) is 0 Å². The second kappa shape index (κ2) is 4.03. The standard InChI is InChI=1S/C18H17NO3/c1-19(20)7-6-12-9-15-18(22-10-21-15)17-13-5-3-2-4-11(13)8-14(19)16(12)17/h2-5,9,14H,6-8,10H2,1H3/t14-,19?/m1/s1. The Morgan fingerprint density at radius 3 is 2.95 bits per heavy atom. The first-order chi connectivity index (χ1) is 10.6. The Kier molecular flexibility index (Phi) is 2.29. The summed E-state index contributed by atoms with van der Waals surface area (Å²) < 4.78 is 11.2. The highest BCUT2D eigenvalue weighted by Crippen LogP contribution is 2.54. The first-order valence-corrected chi connectivity index (χ1v) is 7.75. The highest BCUT2D eigenvalue weighted by Gasteiger charge is 2.42. The fourth-order valence-electron chi connectivity index (χ4n) is 4.18. The van der Waals surface area contributed by atoms with E-state index in [-0.39, 0.29) is 17.5 Å². The number of likely N-dealkylation sites (N-methyl/N-ethyl adjacent to an activating group) is 1. The number of rotatable bonds is 0. The quantitative estimate of drug-likeness (QED) is 0.553. The Morgan fingerprint density at radius 2 is 2.05 bits per heavy atom. The van der Waals surface area contributed by atoms with E-state index in [1.807, 2.05) is 6.07 Å². The van der Waals surface area contributed by atoms with Gasteiger partial charge in [-0.25, -0.2) is 0 Å². The zero-order valence-corrected chi connectivity index (χ0v) is 12.5. The van der Waals surface area contributed by atoms with Gasteiger partial charge in [-0.2, -0.15) is 0 Å². The number of hydrogen-bond acceptors (Lipinski definition) is 3. The van der Waals surface area contributed by atoms with Gasteiger partial charge in [0.05, 0.1) is 13.6 Å². The van der Waals surface area contributed by atoms with Gasteiger partial charge in [0.2, 0.25) is 6.79 Å². The number of ether oxygens (including phenoxy) is 2. The Balaban J connectivity index is 1.89. The summed E-state index contributed by atoms with van der Waals surface area (Å²) in [6, 6.07) is 10.4. The lowest BCUT2D eigenvalue weighted by molar-refractivity contribution is -0.894. The van der Waals surface area contributed by atoms with E-state index >= 15 is 0 Å². The van der Waals surface area contributed by atoms with E-state index < -0.39 is 0 Å². The van der Waals surface area contributed by atoms with Crippen molar-refractivity contribution in [1.82, 2.24) is 0 Å². The van der Waals surface area contributed by atoms with Crippen LogP contribution >= 0.6 is 0 Å². The van der Waals surface area contributed by atoms with Crippen LogP contribution in [0.25, 0.3) is 11.1 Å². The molecular weight excluding hydrogens is 278 g/mol. The molecule has 2 aromatic rings. The number of benzene rings is 2. The summed E-state index contributed by atoms with van der Waals surface area (Å²) in [5.74, 6) is 1.64. The van der Waals surface area contributed by atoms with Gasteiger partial charge in [-0.05, 0) is 22.8 Å². The molecule has 1 aliphatic carbocycles. The molecule has 2 aliphatic heterocycles. The summed E-state index contributed by atoms with van der Waals surface area (Å²) in [6.07, 6.45) is 1.60. The van der Waals surface area contributed by atoms with Crippen LogP contribution in [0.4, 0.5) is 0 Å². The van der Waals surface area contributed by atoms with E-state index in [1.54, 1.807) is 7.05 Å². The van der Waals surface area contributed by atoms with E-state index in [4.69, 9.17) is 9.47 Å². The molecule has 4 heteroatoms. The lowest BCUT2D eigenvalue weighted by Gasteiger charge is -2.51. The Labute approximate surface area is 129 Å². The molecule has 0 fully saturated rings. The maximum absolute atomic E-state index is 13.0. The summed E-state index contributed by atoms with van der Waals surface area (Å²) in [6.45, 7) is 0.889. The van der Waals surface area contributed by atoms with Crippen molar-refractivity contribution in [2.24, 2.45) is 0 Å². The smallest absolute Gasteiger partial charge is 0.231 e. The molecule has 2 atom stereocenters. The van der Waals surface area contributed by atoms with Crippen molar-refractivity contribution in [3.05, 3.63) is 52.2 Å². The highest BCUT2D eigenvalue weighted by atomic mass is 16.7. The molecule has 112 valence electrons. The molecule has 1 unspecified atom stereocenters. The Bertz CT molecular complexity index is 797. The molecule has 0 saturated heterocycles. The summed E-state index contributed by atoms with van der Waals surface area (Å²) in [4.78, 5) is 0. The van der Waals surface area contributed by atoms with Crippen LogP contribution in [0.3, 0.4) is 0 Å². The van der Waals surface area contributed by atoms with Gasteiger partial charge in [-0.15, -0.1) is 0 Å². The van der Waals surface area contributed by atoms with Crippen molar-refractivity contribution in [3.8, 4) is 22.6 Å². The molecule has 0 aromatic heterocycles. The first kappa shape index (κ1) is 12.5. The van der Waals surface area contributed by atoms with Crippen LogP contribution in [0.15, 0.2) is 30.3 Å². The summed E-state index contributed by atoms with van der Waals surface area (Å²) in [5.41, 5.74) is 5.96. The normalized spacial score (nSPS) is 27.3. The fourth-order valence-corrected chi connectivity index (χ4v) is 4.18. The van der Waals surface area contributed by atoms with E-state index in [1.165, 1.54) is 22.3 Å². The van der Waals surface area contributed by atoms with Gasteiger partial charge in [-0.3, -0.25) is 0 Å². The molecule has 0 radical (unpaired) electrons. The minimum Gasteiger partial charge on any atom is -0.633 e. The van der Waals surface area contributed by atoms with Crippen molar-refractivity contribution in [3.63, 3.8) is 0 Å². The molecule has 22 heavy (non-hydrogen) atoms. The highest BCUT2D eigenvalue weighted by molar-refractivity contribution is 5.83. The van der Waals surface area contributed by atoms with Crippen molar-refractivity contribution in [2.45, 2.75) is 18.9 Å². The second-order valence-electron chi connectivity index (χ2n) is 6.58. The molecule has 0 saturated carbocycles. The molecule has 0 N–H and O–H groups in total. The Hall–Kier alpha value is -2.04. The molecule has 0 spiro atoms. The van der Waals surface area contributed by atoms with Gasteiger partial charge in [-0.1, -0.05) is 24.3 Å². The topological polar surface area (TPSA) is 41.5 Å². The average Bonchev–Trinajstić information content (AvgIpc) is 2.98. The maximum atomic E-state index is 13.0. The first-order valence-electron chi connectivity index (χ1n) is 7.75. The van der Waals surface area contributed by atoms with Gasteiger partial charge < -0.3 is 19.3 Å². The van der Waals surface area contributed by atoms with Gasteiger partial charge in [0, 0.05) is 24.0 Å². The molecule has 2 heterocycles. The van der Waals surface area contributed by atoms with Crippen LogP contribution in [-0.2, 0) is 12.8 Å². The summed E-state index contributed by atoms with van der Waals surface area (Å²) in [5, 5.41) is 13.0. The second-order valence-corrected chi connectivity index (χ2v) is 6.58. The third-order valence-electron chi connectivity index (χ3n) is 5.31. The summed E-state index contributed by atoms with van der Waals surface area (Å²) >= 11 is 0. The van der Waals surface area contributed by atoms with Gasteiger partial charge in [0.15, 0.2) is 11.5 Å². The fraction of sp³-hybridized carbons (Fsp3) is 0.333. The zero-order chi connectivity index (χ0) is 14.9. The number of quaternary nitrogens is 1. The monoisotopic (exact) mass is 295 g/mol. The molecule has 3 aliphatic rings. The van der Waals surface area contributed by atoms with Crippen LogP contribution in [0.1, 0.15) is 22.7 Å². The molecule has 4 nitrogen and oxygen atoms in total. The predicted molar refractivity (Wildman–Crippen MR) is 82.6 cm³/mol. The molecule has 0 bridgehead atoms. The minimum absolute atomic E-state index is 0.0388. The van der Waals surface area contributed by atoms with E-state index in [2.05, 4.69) is 24.3 Å².